The van der Waals surface area contributed by atoms with Crippen molar-refractivity contribution in [1.29, 1.82) is 0 Å². The van der Waals surface area contributed by atoms with Crippen molar-refractivity contribution in [1.82, 2.24) is 14.6 Å². The van der Waals surface area contributed by atoms with Gasteiger partial charge in [-0.2, -0.15) is 5.10 Å². The summed E-state index contributed by atoms with van der Waals surface area (Å²) in [4.78, 5) is 5.14. The molecule has 0 aliphatic carbocycles. The summed E-state index contributed by atoms with van der Waals surface area (Å²) in [5.74, 6) is -0.282. The van der Waals surface area contributed by atoms with Gasteiger partial charge in [-0.25, -0.2) is 13.9 Å². The maximum atomic E-state index is 13.7. The molecule has 0 fully saturated rings. The second-order valence-corrected chi connectivity index (χ2v) is 5.67. The molecule has 0 spiro atoms. The molecule has 2 aromatic heterocycles. The second-order valence-electron chi connectivity index (χ2n) is 3.60. The van der Waals surface area contributed by atoms with Crippen LogP contribution in [0.15, 0.2) is 28.9 Å². The number of hydrogen-bond donors (Lipinski definition) is 0. The lowest BCUT2D eigenvalue weighted by molar-refractivity contribution is 0.630. The van der Waals surface area contributed by atoms with Crippen LogP contribution in [0.4, 0.5) is 4.39 Å². The van der Waals surface area contributed by atoms with Crippen LogP contribution < -0.4 is 0 Å². The van der Waals surface area contributed by atoms with Gasteiger partial charge in [0.15, 0.2) is 0 Å². The number of imidazole rings is 1. The zero-order chi connectivity index (χ0) is 12.0. The third-order valence-electron chi connectivity index (χ3n) is 2.35. The molecule has 0 radical (unpaired) electrons. The van der Waals surface area contributed by atoms with Crippen LogP contribution >= 0.6 is 27.3 Å². The van der Waals surface area contributed by atoms with E-state index < -0.39 is 0 Å². The molecule has 0 aliphatic heterocycles. The van der Waals surface area contributed by atoms with Gasteiger partial charge in [-0.05, 0) is 25.1 Å². The minimum atomic E-state index is -0.282. The first-order chi connectivity index (χ1) is 8.13. The number of aryl methyl sites for hydroxylation is 1. The number of aromatic nitrogens is 3. The summed E-state index contributed by atoms with van der Waals surface area (Å²) in [6.45, 7) is 1.92. The summed E-state index contributed by atoms with van der Waals surface area (Å²) in [5, 5.41) is 5.19. The lowest BCUT2D eigenvalue weighted by Crippen LogP contribution is -1.85. The van der Waals surface area contributed by atoms with E-state index in [0.29, 0.717) is 11.3 Å². The van der Waals surface area contributed by atoms with Crippen molar-refractivity contribution in [3.05, 3.63) is 39.7 Å². The maximum Gasteiger partial charge on any atom is 0.212 e. The second kappa shape index (κ2) is 3.89. The average Bonchev–Trinajstić information content (AvgIpc) is 2.78. The Balaban J connectivity index is 2.19. The third-order valence-corrected chi connectivity index (χ3v) is 3.68. The molecule has 2 heterocycles. The number of benzene rings is 1. The molecule has 0 unspecified atom stereocenters. The first-order valence-corrected chi connectivity index (χ1v) is 6.53. The fourth-order valence-corrected chi connectivity index (χ4v) is 2.71. The molecule has 3 rings (SSSR count). The molecule has 0 saturated heterocycles. The van der Waals surface area contributed by atoms with Gasteiger partial charge in [0.25, 0.3) is 0 Å². The SMILES string of the molecule is Cc1nn2cc(-c3cc(Br)ccc3F)nc2s1. The predicted octanol–water partition coefficient (Wildman–Crippen LogP) is 3.67. The summed E-state index contributed by atoms with van der Waals surface area (Å²) >= 11 is 4.81. The maximum absolute atomic E-state index is 13.7. The van der Waals surface area contributed by atoms with Gasteiger partial charge < -0.3 is 0 Å². The summed E-state index contributed by atoms with van der Waals surface area (Å²) in [6, 6.07) is 4.81. The van der Waals surface area contributed by atoms with E-state index in [4.69, 9.17) is 0 Å². The quantitative estimate of drug-likeness (QED) is 0.686. The van der Waals surface area contributed by atoms with Crippen molar-refractivity contribution >= 4 is 32.2 Å². The topological polar surface area (TPSA) is 30.2 Å². The Kier molecular flexibility index (Phi) is 2.48. The van der Waals surface area contributed by atoms with Crippen LogP contribution in [0.5, 0.6) is 0 Å². The van der Waals surface area contributed by atoms with Crippen LogP contribution in [0.1, 0.15) is 5.01 Å². The monoisotopic (exact) mass is 311 g/mol. The van der Waals surface area contributed by atoms with Gasteiger partial charge in [0.05, 0.1) is 11.9 Å². The van der Waals surface area contributed by atoms with Gasteiger partial charge in [-0.1, -0.05) is 27.3 Å². The van der Waals surface area contributed by atoms with E-state index in [-0.39, 0.29) is 5.82 Å². The minimum Gasteiger partial charge on any atom is -0.217 e. The van der Waals surface area contributed by atoms with Crippen LogP contribution in [-0.4, -0.2) is 14.6 Å². The molecule has 17 heavy (non-hydrogen) atoms. The highest BCUT2D eigenvalue weighted by Crippen LogP contribution is 2.27. The number of rotatable bonds is 1. The van der Waals surface area contributed by atoms with E-state index in [9.17, 15) is 4.39 Å². The Labute approximate surface area is 109 Å². The third kappa shape index (κ3) is 1.87. The van der Waals surface area contributed by atoms with Crippen molar-refractivity contribution in [2.24, 2.45) is 0 Å². The molecule has 3 nitrogen and oxygen atoms in total. The van der Waals surface area contributed by atoms with Gasteiger partial charge >= 0.3 is 0 Å². The van der Waals surface area contributed by atoms with Crippen LogP contribution in [0.2, 0.25) is 0 Å². The van der Waals surface area contributed by atoms with E-state index in [2.05, 4.69) is 26.0 Å². The molecule has 0 bridgehead atoms. The van der Waals surface area contributed by atoms with Crippen molar-refractivity contribution in [2.45, 2.75) is 6.92 Å². The Bertz CT molecular complexity index is 672. The molecule has 0 amide bonds. The Morgan fingerprint density at radius 1 is 1.41 bits per heavy atom. The molecule has 0 N–H and O–H groups in total. The Hall–Kier alpha value is -1.27. The highest BCUT2D eigenvalue weighted by atomic mass is 79.9. The molecular formula is C11H7BrFN3S. The fourth-order valence-electron chi connectivity index (χ4n) is 1.62. The smallest absolute Gasteiger partial charge is 0.212 e. The van der Waals surface area contributed by atoms with E-state index >= 15 is 0 Å². The first-order valence-electron chi connectivity index (χ1n) is 4.92. The minimum absolute atomic E-state index is 0.282. The van der Waals surface area contributed by atoms with E-state index in [1.165, 1.54) is 17.4 Å². The fraction of sp³-hybridized carbons (Fsp3) is 0.0909. The molecule has 0 aliphatic rings. The molecule has 3 aromatic rings. The van der Waals surface area contributed by atoms with Crippen molar-refractivity contribution in [3.8, 4) is 11.3 Å². The van der Waals surface area contributed by atoms with Crippen LogP contribution in [0.25, 0.3) is 16.2 Å². The van der Waals surface area contributed by atoms with Gasteiger partial charge in [0, 0.05) is 10.0 Å². The lowest BCUT2D eigenvalue weighted by atomic mass is 10.1. The Morgan fingerprint density at radius 2 is 2.24 bits per heavy atom. The Morgan fingerprint density at radius 3 is 3.00 bits per heavy atom. The first kappa shape index (κ1) is 10.9. The van der Waals surface area contributed by atoms with E-state index in [0.717, 1.165) is 14.4 Å². The number of fused-ring (bicyclic) bond motifs is 1. The summed E-state index contributed by atoms with van der Waals surface area (Å²) in [5.41, 5.74) is 1.08. The van der Waals surface area contributed by atoms with Gasteiger partial charge in [-0.15, -0.1) is 0 Å². The van der Waals surface area contributed by atoms with Crippen molar-refractivity contribution in [3.63, 3.8) is 0 Å². The molecular weight excluding hydrogens is 305 g/mol. The summed E-state index contributed by atoms with van der Waals surface area (Å²) in [6.07, 6.45) is 1.74. The zero-order valence-corrected chi connectivity index (χ0v) is 11.2. The highest BCUT2D eigenvalue weighted by molar-refractivity contribution is 9.10. The van der Waals surface area contributed by atoms with Crippen LogP contribution in [0, 0.1) is 12.7 Å². The molecule has 1 aromatic carbocycles. The van der Waals surface area contributed by atoms with Crippen LogP contribution in [-0.2, 0) is 0 Å². The van der Waals surface area contributed by atoms with Gasteiger partial charge in [0.2, 0.25) is 4.96 Å². The number of nitrogens with zero attached hydrogens (tertiary/aromatic N) is 3. The molecule has 6 heteroatoms. The highest BCUT2D eigenvalue weighted by Gasteiger charge is 2.11. The molecule has 86 valence electrons. The molecule has 0 saturated carbocycles. The number of halogens is 2. The summed E-state index contributed by atoms with van der Waals surface area (Å²) in [7, 11) is 0. The number of hydrogen-bond acceptors (Lipinski definition) is 3. The van der Waals surface area contributed by atoms with Gasteiger partial charge in [0.1, 0.15) is 10.8 Å². The van der Waals surface area contributed by atoms with E-state index in [1.54, 1.807) is 22.8 Å². The van der Waals surface area contributed by atoms with Crippen molar-refractivity contribution < 1.29 is 4.39 Å². The molecule has 0 atom stereocenters. The largest absolute Gasteiger partial charge is 0.217 e. The lowest BCUT2D eigenvalue weighted by Gasteiger charge is -1.99. The predicted molar refractivity (Wildman–Crippen MR) is 68.7 cm³/mol. The van der Waals surface area contributed by atoms with E-state index in [1.807, 2.05) is 6.92 Å². The standard InChI is InChI=1S/C11H7BrFN3S/c1-6-15-16-5-10(14-11(16)17-6)8-4-7(12)2-3-9(8)13/h2-5H,1H3. The zero-order valence-electron chi connectivity index (χ0n) is 8.82. The van der Waals surface area contributed by atoms with Crippen LogP contribution in [0.3, 0.4) is 0 Å². The van der Waals surface area contributed by atoms with Crippen molar-refractivity contribution in [2.75, 3.05) is 0 Å². The normalized spacial score (nSPS) is 11.2. The van der Waals surface area contributed by atoms with Gasteiger partial charge in [-0.3, -0.25) is 0 Å². The average molecular weight is 312 g/mol. The summed E-state index contributed by atoms with van der Waals surface area (Å²) < 4.78 is 16.2.